The molecule has 5 heteroatoms. The van der Waals surface area contributed by atoms with Crippen LogP contribution in [0, 0.1) is 6.92 Å². The normalized spacial score (nSPS) is 11.3. The number of carboxylic acids is 1. The Hall–Kier alpha value is -2.43. The zero-order chi connectivity index (χ0) is 16.3. The van der Waals surface area contributed by atoms with Gasteiger partial charge < -0.3 is 10.4 Å². The van der Waals surface area contributed by atoms with Crippen LogP contribution in [0.2, 0.25) is 0 Å². The lowest BCUT2D eigenvalue weighted by molar-refractivity contribution is 0.0688. The van der Waals surface area contributed by atoms with Gasteiger partial charge in [-0.1, -0.05) is 45.0 Å². The van der Waals surface area contributed by atoms with Crippen molar-refractivity contribution in [3.05, 3.63) is 52.8 Å². The van der Waals surface area contributed by atoms with E-state index in [2.05, 4.69) is 60.6 Å². The van der Waals surface area contributed by atoms with Gasteiger partial charge in [0.15, 0.2) is 5.69 Å². The van der Waals surface area contributed by atoms with Crippen LogP contribution in [0.4, 0.5) is 5.69 Å². The minimum Gasteiger partial charge on any atom is -0.476 e. The molecule has 0 unspecified atom stereocenters. The van der Waals surface area contributed by atoms with Gasteiger partial charge in [-0.2, -0.15) is 5.10 Å². The van der Waals surface area contributed by atoms with E-state index in [0.29, 0.717) is 17.8 Å². The Bertz CT molecular complexity index is 673. The van der Waals surface area contributed by atoms with Crippen LogP contribution in [0.5, 0.6) is 0 Å². The average molecular weight is 299 g/mol. The number of hydrogen-bond acceptors (Lipinski definition) is 4. The zero-order valence-electron chi connectivity index (χ0n) is 13.3. The number of carboxylic acid groups (broad SMARTS) is 1. The molecule has 0 radical (unpaired) electrons. The number of benzene rings is 1. The Kier molecular flexibility index (Phi) is 4.45. The maximum Gasteiger partial charge on any atom is 0.356 e. The molecule has 0 aliphatic carbocycles. The van der Waals surface area contributed by atoms with E-state index >= 15 is 0 Å². The number of aromatic carboxylic acids is 1. The van der Waals surface area contributed by atoms with E-state index in [-0.39, 0.29) is 11.1 Å². The van der Waals surface area contributed by atoms with Gasteiger partial charge in [-0.3, -0.25) is 0 Å². The second-order valence-corrected chi connectivity index (χ2v) is 6.34. The topological polar surface area (TPSA) is 75.1 Å². The minimum absolute atomic E-state index is 0.0203. The van der Waals surface area contributed by atoms with Gasteiger partial charge in [0.05, 0.1) is 11.9 Å². The van der Waals surface area contributed by atoms with E-state index < -0.39 is 5.97 Å². The molecule has 0 saturated heterocycles. The summed E-state index contributed by atoms with van der Waals surface area (Å²) in [7, 11) is 0. The lowest BCUT2D eigenvalue weighted by atomic mass is 9.87. The van der Waals surface area contributed by atoms with Gasteiger partial charge in [-0.25, -0.2) is 4.79 Å². The molecule has 0 fully saturated rings. The van der Waals surface area contributed by atoms with Crippen molar-refractivity contribution >= 4 is 11.7 Å². The molecule has 0 aliphatic heterocycles. The van der Waals surface area contributed by atoms with Crippen molar-refractivity contribution in [2.24, 2.45) is 0 Å². The first-order chi connectivity index (χ1) is 10.3. The van der Waals surface area contributed by atoms with E-state index in [1.54, 1.807) is 13.1 Å². The molecule has 116 valence electrons. The van der Waals surface area contributed by atoms with Crippen molar-refractivity contribution in [2.45, 2.75) is 39.7 Å². The molecule has 2 aromatic rings. The Morgan fingerprint density at radius 1 is 1.23 bits per heavy atom. The summed E-state index contributed by atoms with van der Waals surface area (Å²) < 4.78 is 0. The average Bonchev–Trinajstić information content (AvgIpc) is 2.45. The van der Waals surface area contributed by atoms with Crippen molar-refractivity contribution < 1.29 is 9.90 Å². The van der Waals surface area contributed by atoms with E-state index in [4.69, 9.17) is 5.11 Å². The van der Waals surface area contributed by atoms with Crippen molar-refractivity contribution in [1.29, 1.82) is 0 Å². The summed E-state index contributed by atoms with van der Waals surface area (Å²) in [6.45, 7) is 8.87. The Balaban J connectivity index is 2.11. The van der Waals surface area contributed by atoms with E-state index in [0.717, 1.165) is 5.56 Å². The number of hydrogen-bond donors (Lipinski definition) is 2. The Morgan fingerprint density at radius 3 is 2.41 bits per heavy atom. The number of nitrogens with one attached hydrogen (secondary N) is 1. The van der Waals surface area contributed by atoms with Crippen molar-refractivity contribution in [1.82, 2.24) is 10.2 Å². The SMILES string of the molecule is Cc1c(NCc2ccc(C(C)(C)C)cc2)cnnc1C(=O)O. The number of carbonyl (C=O) groups is 1. The molecule has 2 N–H and O–H groups in total. The molecule has 0 bridgehead atoms. The second-order valence-electron chi connectivity index (χ2n) is 6.34. The molecule has 0 saturated carbocycles. The fourth-order valence-electron chi connectivity index (χ4n) is 2.15. The van der Waals surface area contributed by atoms with E-state index in [9.17, 15) is 4.79 Å². The van der Waals surface area contributed by atoms with Crippen molar-refractivity contribution in [2.75, 3.05) is 5.32 Å². The molecular formula is C17H21N3O2. The Morgan fingerprint density at radius 2 is 1.86 bits per heavy atom. The highest BCUT2D eigenvalue weighted by molar-refractivity contribution is 5.88. The molecule has 0 atom stereocenters. The molecule has 1 aromatic heterocycles. The van der Waals surface area contributed by atoms with Gasteiger partial charge in [0.1, 0.15) is 0 Å². The maximum atomic E-state index is 11.0. The molecular weight excluding hydrogens is 278 g/mol. The maximum absolute atomic E-state index is 11.0. The van der Waals surface area contributed by atoms with Crippen molar-refractivity contribution in [3.8, 4) is 0 Å². The molecule has 22 heavy (non-hydrogen) atoms. The van der Waals surface area contributed by atoms with Crippen LogP contribution < -0.4 is 5.32 Å². The Labute approximate surface area is 130 Å². The molecule has 0 spiro atoms. The number of aromatic nitrogens is 2. The van der Waals surface area contributed by atoms with Crippen LogP contribution in [-0.2, 0) is 12.0 Å². The van der Waals surface area contributed by atoms with Gasteiger partial charge >= 0.3 is 5.97 Å². The van der Waals surface area contributed by atoms with Crippen LogP contribution >= 0.6 is 0 Å². The first-order valence-corrected chi connectivity index (χ1v) is 7.18. The summed E-state index contributed by atoms with van der Waals surface area (Å²) in [5.41, 5.74) is 3.80. The molecule has 1 aromatic carbocycles. The molecule has 1 heterocycles. The first-order valence-electron chi connectivity index (χ1n) is 7.18. The number of rotatable bonds is 4. The standard InChI is InChI=1S/C17H21N3O2/c1-11-14(10-19-20-15(11)16(21)22)18-9-12-5-7-13(8-6-12)17(2,3)4/h5-8,10H,9H2,1-4H3,(H,18,20)(H,21,22). The smallest absolute Gasteiger partial charge is 0.356 e. The third kappa shape index (κ3) is 3.61. The fraction of sp³-hybridized carbons (Fsp3) is 0.353. The van der Waals surface area contributed by atoms with Gasteiger partial charge in [-0.05, 0) is 23.5 Å². The van der Waals surface area contributed by atoms with Crippen LogP contribution in [0.3, 0.4) is 0 Å². The quantitative estimate of drug-likeness (QED) is 0.905. The fourth-order valence-corrected chi connectivity index (χ4v) is 2.15. The van der Waals surface area contributed by atoms with Gasteiger partial charge in [0.25, 0.3) is 0 Å². The molecule has 0 amide bonds. The van der Waals surface area contributed by atoms with E-state index in [1.165, 1.54) is 5.56 Å². The summed E-state index contributed by atoms with van der Waals surface area (Å²) in [5.74, 6) is -1.07. The van der Waals surface area contributed by atoms with Gasteiger partial charge in [-0.15, -0.1) is 5.10 Å². The summed E-state index contributed by atoms with van der Waals surface area (Å²) in [6, 6.07) is 8.40. The number of anilines is 1. The predicted octanol–water partition coefficient (Wildman–Crippen LogP) is 3.39. The van der Waals surface area contributed by atoms with Crippen LogP contribution in [0.25, 0.3) is 0 Å². The van der Waals surface area contributed by atoms with Crippen LogP contribution in [0.1, 0.15) is 48.0 Å². The van der Waals surface area contributed by atoms with E-state index in [1.807, 2.05) is 0 Å². The third-order valence-electron chi connectivity index (χ3n) is 3.61. The second kappa shape index (κ2) is 6.13. The van der Waals surface area contributed by atoms with Crippen molar-refractivity contribution in [3.63, 3.8) is 0 Å². The highest BCUT2D eigenvalue weighted by Gasteiger charge is 2.14. The summed E-state index contributed by atoms with van der Waals surface area (Å²) in [6.07, 6.45) is 1.55. The molecule has 0 aliphatic rings. The predicted molar refractivity (Wildman–Crippen MR) is 86.2 cm³/mol. The monoisotopic (exact) mass is 299 g/mol. The summed E-state index contributed by atoms with van der Waals surface area (Å²) in [5, 5.41) is 19.6. The van der Waals surface area contributed by atoms with Crippen LogP contribution in [0.15, 0.2) is 30.5 Å². The highest BCUT2D eigenvalue weighted by Crippen LogP contribution is 2.22. The molecule has 2 rings (SSSR count). The third-order valence-corrected chi connectivity index (χ3v) is 3.61. The van der Waals surface area contributed by atoms with Gasteiger partial charge in [0, 0.05) is 12.1 Å². The van der Waals surface area contributed by atoms with Gasteiger partial charge in [0.2, 0.25) is 0 Å². The summed E-state index contributed by atoms with van der Waals surface area (Å²) >= 11 is 0. The largest absolute Gasteiger partial charge is 0.476 e. The highest BCUT2D eigenvalue weighted by atomic mass is 16.4. The van der Waals surface area contributed by atoms with Crippen LogP contribution in [-0.4, -0.2) is 21.3 Å². The summed E-state index contributed by atoms with van der Waals surface area (Å²) in [4.78, 5) is 11.0. The first kappa shape index (κ1) is 15.9. The number of nitrogens with zero attached hydrogens (tertiary/aromatic N) is 2. The zero-order valence-corrected chi connectivity index (χ0v) is 13.3. The molecule has 5 nitrogen and oxygen atoms in total. The lowest BCUT2D eigenvalue weighted by Gasteiger charge is -2.19. The lowest BCUT2D eigenvalue weighted by Crippen LogP contribution is -2.11. The minimum atomic E-state index is -1.07.